The van der Waals surface area contributed by atoms with Crippen LogP contribution in [0.4, 0.5) is 0 Å². The summed E-state index contributed by atoms with van der Waals surface area (Å²) in [5.74, 6) is 0.679. The van der Waals surface area contributed by atoms with E-state index in [1.165, 1.54) is 5.56 Å². The molecule has 0 aliphatic carbocycles. The molecule has 112 valence electrons. The van der Waals surface area contributed by atoms with Crippen LogP contribution < -0.4 is 4.74 Å². The van der Waals surface area contributed by atoms with E-state index in [0.29, 0.717) is 12.5 Å². The predicted molar refractivity (Wildman–Crippen MR) is 79.7 cm³/mol. The van der Waals surface area contributed by atoms with Crippen molar-refractivity contribution in [2.45, 2.75) is 46.3 Å². The molecular formula is C16H26N2O2. The molecule has 1 aromatic rings. The highest BCUT2D eigenvalue weighted by atomic mass is 16.5. The highest BCUT2D eigenvalue weighted by Gasteiger charge is 2.43. The van der Waals surface area contributed by atoms with Crippen molar-refractivity contribution in [3.05, 3.63) is 23.9 Å². The molecule has 1 fully saturated rings. The van der Waals surface area contributed by atoms with Crippen LogP contribution in [0.15, 0.2) is 18.3 Å². The van der Waals surface area contributed by atoms with E-state index in [9.17, 15) is 5.11 Å². The van der Waals surface area contributed by atoms with Gasteiger partial charge >= 0.3 is 0 Å². The SMILES string of the molecule is CCOc1ccc(CN2CC[C@](C)(O)C(C)(C)C2)cn1. The summed E-state index contributed by atoms with van der Waals surface area (Å²) >= 11 is 0. The van der Waals surface area contributed by atoms with Crippen LogP contribution in [-0.4, -0.2) is 40.3 Å². The minimum atomic E-state index is -0.583. The van der Waals surface area contributed by atoms with E-state index in [0.717, 1.165) is 26.1 Å². The third kappa shape index (κ3) is 3.30. The molecule has 1 saturated heterocycles. The molecular weight excluding hydrogens is 252 g/mol. The number of ether oxygens (including phenoxy) is 1. The lowest BCUT2D eigenvalue weighted by Gasteiger charge is -2.48. The molecule has 0 saturated carbocycles. The fourth-order valence-electron chi connectivity index (χ4n) is 2.65. The average Bonchev–Trinajstić information content (AvgIpc) is 2.37. The van der Waals surface area contributed by atoms with E-state index in [2.05, 4.69) is 29.8 Å². The molecule has 0 amide bonds. The molecule has 2 rings (SSSR count). The zero-order chi connectivity index (χ0) is 14.8. The normalized spacial score (nSPS) is 26.4. The molecule has 4 heteroatoms. The molecule has 0 unspecified atom stereocenters. The monoisotopic (exact) mass is 278 g/mol. The second kappa shape index (κ2) is 5.70. The van der Waals surface area contributed by atoms with Gasteiger partial charge in [0.25, 0.3) is 0 Å². The summed E-state index contributed by atoms with van der Waals surface area (Å²) < 4.78 is 5.35. The summed E-state index contributed by atoms with van der Waals surface area (Å²) in [6, 6.07) is 3.99. The van der Waals surface area contributed by atoms with Gasteiger partial charge < -0.3 is 9.84 Å². The predicted octanol–water partition coefficient (Wildman–Crippen LogP) is 2.46. The quantitative estimate of drug-likeness (QED) is 0.919. The van der Waals surface area contributed by atoms with Crippen molar-refractivity contribution in [2.24, 2.45) is 5.41 Å². The fraction of sp³-hybridized carbons (Fsp3) is 0.688. The van der Waals surface area contributed by atoms with Crippen LogP contribution in [0.1, 0.15) is 39.7 Å². The maximum absolute atomic E-state index is 10.4. The molecule has 1 aromatic heterocycles. The first-order chi connectivity index (χ1) is 9.34. The van der Waals surface area contributed by atoms with Gasteiger partial charge in [-0.15, -0.1) is 0 Å². The number of piperidine rings is 1. The minimum Gasteiger partial charge on any atom is -0.478 e. The first-order valence-electron chi connectivity index (χ1n) is 7.36. The number of aromatic nitrogens is 1. The van der Waals surface area contributed by atoms with Gasteiger partial charge in [-0.3, -0.25) is 4.90 Å². The van der Waals surface area contributed by atoms with Crippen LogP contribution in [0.3, 0.4) is 0 Å². The zero-order valence-electron chi connectivity index (χ0n) is 13.0. The molecule has 2 heterocycles. The summed E-state index contributed by atoms with van der Waals surface area (Å²) in [7, 11) is 0. The standard InChI is InChI=1S/C16H26N2O2/c1-5-20-14-7-6-13(10-17-14)11-18-9-8-16(4,19)15(2,3)12-18/h6-7,10,19H,5,8-9,11-12H2,1-4H3/t16-/m0/s1. The zero-order valence-corrected chi connectivity index (χ0v) is 13.0. The second-order valence-corrected chi connectivity index (χ2v) is 6.56. The van der Waals surface area contributed by atoms with Crippen LogP contribution in [0, 0.1) is 5.41 Å². The second-order valence-electron chi connectivity index (χ2n) is 6.56. The first-order valence-corrected chi connectivity index (χ1v) is 7.36. The Hall–Kier alpha value is -1.13. The number of hydrogen-bond donors (Lipinski definition) is 1. The molecule has 0 bridgehead atoms. The van der Waals surface area contributed by atoms with Crippen LogP contribution in [0.5, 0.6) is 5.88 Å². The Morgan fingerprint density at radius 3 is 2.65 bits per heavy atom. The van der Waals surface area contributed by atoms with Crippen LogP contribution in [-0.2, 0) is 6.54 Å². The number of hydrogen-bond acceptors (Lipinski definition) is 4. The van der Waals surface area contributed by atoms with Gasteiger partial charge in [0.05, 0.1) is 12.2 Å². The average molecular weight is 278 g/mol. The summed E-state index contributed by atoms with van der Waals surface area (Å²) in [4.78, 5) is 6.68. The van der Waals surface area contributed by atoms with Gasteiger partial charge in [0.1, 0.15) is 0 Å². The molecule has 0 spiro atoms. The lowest BCUT2D eigenvalue weighted by atomic mass is 9.71. The lowest BCUT2D eigenvalue weighted by Crippen LogP contribution is -2.55. The van der Waals surface area contributed by atoms with Gasteiger partial charge in [-0.2, -0.15) is 0 Å². The summed E-state index contributed by atoms with van der Waals surface area (Å²) in [6.45, 7) is 11.5. The van der Waals surface area contributed by atoms with Crippen molar-refractivity contribution in [3.63, 3.8) is 0 Å². The number of aliphatic hydroxyl groups is 1. The topological polar surface area (TPSA) is 45.6 Å². The Bertz CT molecular complexity index is 440. The van der Waals surface area contributed by atoms with Crippen LogP contribution in [0.25, 0.3) is 0 Å². The van der Waals surface area contributed by atoms with Crippen molar-refractivity contribution in [3.8, 4) is 5.88 Å². The van der Waals surface area contributed by atoms with Gasteiger partial charge in [-0.25, -0.2) is 4.98 Å². The maximum atomic E-state index is 10.4. The molecule has 0 radical (unpaired) electrons. The smallest absolute Gasteiger partial charge is 0.213 e. The van der Waals surface area contributed by atoms with Gasteiger partial charge in [0.15, 0.2) is 0 Å². The Labute approximate surface area is 121 Å². The molecule has 1 aliphatic rings. The van der Waals surface area contributed by atoms with Crippen molar-refractivity contribution < 1.29 is 9.84 Å². The molecule has 4 nitrogen and oxygen atoms in total. The Kier molecular flexibility index (Phi) is 4.35. The van der Waals surface area contributed by atoms with Gasteiger partial charge in [-0.05, 0) is 25.8 Å². The van der Waals surface area contributed by atoms with Crippen LogP contribution in [0.2, 0.25) is 0 Å². The third-order valence-corrected chi connectivity index (χ3v) is 4.49. The third-order valence-electron chi connectivity index (χ3n) is 4.49. The molecule has 1 aliphatic heterocycles. The van der Waals surface area contributed by atoms with Crippen molar-refractivity contribution in [2.75, 3.05) is 19.7 Å². The van der Waals surface area contributed by atoms with Crippen molar-refractivity contribution in [1.29, 1.82) is 0 Å². The van der Waals surface area contributed by atoms with E-state index in [4.69, 9.17) is 4.74 Å². The van der Waals surface area contributed by atoms with E-state index in [1.54, 1.807) is 0 Å². The van der Waals surface area contributed by atoms with Gasteiger partial charge in [0, 0.05) is 37.3 Å². The molecule has 1 N–H and O–H groups in total. The van der Waals surface area contributed by atoms with Crippen molar-refractivity contribution in [1.82, 2.24) is 9.88 Å². The molecule has 0 aromatic carbocycles. The summed E-state index contributed by atoms with van der Waals surface area (Å²) in [5.41, 5.74) is 0.510. The van der Waals surface area contributed by atoms with Gasteiger partial charge in [-0.1, -0.05) is 19.9 Å². The minimum absolute atomic E-state index is 0.0933. The highest BCUT2D eigenvalue weighted by Crippen LogP contribution is 2.38. The van der Waals surface area contributed by atoms with Gasteiger partial charge in [0.2, 0.25) is 5.88 Å². The van der Waals surface area contributed by atoms with E-state index < -0.39 is 5.60 Å². The Morgan fingerprint density at radius 1 is 1.35 bits per heavy atom. The number of rotatable bonds is 4. The number of nitrogens with zero attached hydrogens (tertiary/aromatic N) is 2. The molecule has 20 heavy (non-hydrogen) atoms. The van der Waals surface area contributed by atoms with E-state index in [1.807, 2.05) is 26.1 Å². The number of likely N-dealkylation sites (tertiary alicyclic amines) is 1. The summed E-state index contributed by atoms with van der Waals surface area (Å²) in [6.07, 6.45) is 2.69. The largest absolute Gasteiger partial charge is 0.478 e. The highest BCUT2D eigenvalue weighted by molar-refractivity contribution is 5.18. The van der Waals surface area contributed by atoms with E-state index in [-0.39, 0.29) is 5.41 Å². The molecule has 1 atom stereocenters. The number of pyridine rings is 1. The first kappa shape index (κ1) is 15.3. The Morgan fingerprint density at radius 2 is 2.10 bits per heavy atom. The Balaban J connectivity index is 1.97. The summed E-state index contributed by atoms with van der Waals surface area (Å²) in [5, 5.41) is 10.4. The van der Waals surface area contributed by atoms with Crippen molar-refractivity contribution >= 4 is 0 Å². The fourth-order valence-corrected chi connectivity index (χ4v) is 2.65. The lowest BCUT2D eigenvalue weighted by molar-refractivity contribution is -0.107. The maximum Gasteiger partial charge on any atom is 0.213 e. The van der Waals surface area contributed by atoms with E-state index >= 15 is 0 Å². The van der Waals surface area contributed by atoms with Crippen LogP contribution >= 0.6 is 0 Å².